The maximum atomic E-state index is 10.8. The van der Waals surface area contributed by atoms with Crippen molar-refractivity contribution in [3.05, 3.63) is 34.4 Å². The molecule has 0 radical (unpaired) electrons. The largest absolute Gasteiger partial charge is 0.325 e. The third-order valence-electron chi connectivity index (χ3n) is 4.37. The van der Waals surface area contributed by atoms with E-state index in [9.17, 15) is 10.1 Å². The fourth-order valence-electron chi connectivity index (χ4n) is 3.23. The highest BCUT2D eigenvalue weighted by atomic mass is 16.6. The Morgan fingerprint density at radius 3 is 2.29 bits per heavy atom. The van der Waals surface area contributed by atoms with Gasteiger partial charge in [-0.15, -0.1) is 0 Å². The van der Waals surface area contributed by atoms with E-state index >= 15 is 0 Å². The minimum atomic E-state index is -0.396. The second-order valence-electron chi connectivity index (χ2n) is 7.38. The van der Waals surface area contributed by atoms with E-state index in [0.717, 1.165) is 25.3 Å². The van der Waals surface area contributed by atoms with Gasteiger partial charge in [0.15, 0.2) is 0 Å². The summed E-state index contributed by atoms with van der Waals surface area (Å²) < 4.78 is 0. The molecule has 24 heavy (non-hydrogen) atoms. The molecule has 2 rings (SSSR count). The van der Waals surface area contributed by atoms with Gasteiger partial charge in [0, 0.05) is 36.3 Å². The minimum Gasteiger partial charge on any atom is -0.325 e. The van der Waals surface area contributed by atoms with E-state index in [2.05, 4.69) is 25.7 Å². The fourth-order valence-corrected chi connectivity index (χ4v) is 3.23. The molecule has 1 saturated heterocycles. The Kier molecular flexibility index (Phi) is 5.94. The van der Waals surface area contributed by atoms with Crippen LogP contribution in [0.5, 0.6) is 0 Å². The molecular formula is C18H28N4O2. The van der Waals surface area contributed by atoms with E-state index in [-0.39, 0.29) is 11.2 Å². The van der Waals surface area contributed by atoms with Crippen LogP contribution in [-0.4, -0.2) is 40.8 Å². The van der Waals surface area contributed by atoms with E-state index in [1.165, 1.54) is 31.4 Å². The average Bonchev–Trinajstić information content (AvgIpc) is 2.53. The quantitative estimate of drug-likeness (QED) is 0.382. The van der Waals surface area contributed by atoms with Crippen molar-refractivity contribution in [2.45, 2.75) is 52.0 Å². The van der Waals surface area contributed by atoms with Gasteiger partial charge in [0.1, 0.15) is 5.84 Å². The Morgan fingerprint density at radius 1 is 1.21 bits per heavy atom. The highest BCUT2D eigenvalue weighted by Crippen LogP contribution is 2.27. The van der Waals surface area contributed by atoms with Gasteiger partial charge >= 0.3 is 0 Å². The molecule has 0 bridgehead atoms. The van der Waals surface area contributed by atoms with Gasteiger partial charge in [0.2, 0.25) is 0 Å². The molecule has 0 saturated carbocycles. The van der Waals surface area contributed by atoms with Crippen LogP contribution in [0.1, 0.15) is 46.5 Å². The summed E-state index contributed by atoms with van der Waals surface area (Å²) in [7, 11) is 0. The number of hydrogen-bond donors (Lipinski definition) is 1. The first-order chi connectivity index (χ1) is 11.3. The summed E-state index contributed by atoms with van der Waals surface area (Å²) >= 11 is 0. The summed E-state index contributed by atoms with van der Waals surface area (Å²) in [6.45, 7) is 9.33. The predicted octanol–water partition coefficient (Wildman–Crippen LogP) is 4.05. The van der Waals surface area contributed by atoms with E-state index < -0.39 is 4.92 Å². The molecule has 1 aromatic carbocycles. The lowest BCUT2D eigenvalue weighted by Crippen LogP contribution is -2.46. The van der Waals surface area contributed by atoms with Crippen molar-refractivity contribution >= 4 is 17.2 Å². The van der Waals surface area contributed by atoms with Crippen molar-refractivity contribution in [1.82, 2.24) is 4.90 Å². The molecule has 0 aromatic heterocycles. The molecule has 1 fully saturated rings. The zero-order chi connectivity index (χ0) is 17.7. The van der Waals surface area contributed by atoms with Gasteiger partial charge < -0.3 is 9.80 Å². The minimum absolute atomic E-state index is 0.0763. The first kappa shape index (κ1) is 18.4. The van der Waals surface area contributed by atoms with E-state index in [1.807, 2.05) is 4.90 Å². The molecule has 6 heteroatoms. The number of likely N-dealkylation sites (tertiary alicyclic amines) is 1. The van der Waals surface area contributed by atoms with Gasteiger partial charge in [-0.25, -0.2) is 0 Å². The van der Waals surface area contributed by atoms with Gasteiger partial charge in [-0.2, -0.15) is 0 Å². The summed E-state index contributed by atoms with van der Waals surface area (Å²) in [5, 5.41) is 19.4. The summed E-state index contributed by atoms with van der Waals surface area (Å²) in [5.74, 6) is 0.557. The van der Waals surface area contributed by atoms with Crippen molar-refractivity contribution in [3.8, 4) is 0 Å². The maximum Gasteiger partial charge on any atom is 0.269 e. The Balaban J connectivity index is 2.09. The molecule has 1 N–H and O–H groups in total. The number of nitro benzene ring substituents is 1. The van der Waals surface area contributed by atoms with Crippen molar-refractivity contribution in [3.63, 3.8) is 0 Å². The lowest BCUT2D eigenvalue weighted by Gasteiger charge is -2.38. The first-order valence-corrected chi connectivity index (χ1v) is 8.63. The number of non-ortho nitro benzene ring substituents is 1. The molecule has 132 valence electrons. The van der Waals surface area contributed by atoms with E-state index in [1.54, 1.807) is 12.1 Å². The van der Waals surface area contributed by atoms with Crippen molar-refractivity contribution < 1.29 is 4.92 Å². The molecular weight excluding hydrogens is 304 g/mol. The number of amidine groups is 1. The molecule has 1 heterocycles. The van der Waals surface area contributed by atoms with Crippen LogP contribution in [-0.2, 0) is 0 Å². The molecule has 0 atom stereocenters. The number of nitrogens with one attached hydrogen (secondary N) is 1. The number of piperidine rings is 1. The Labute approximate surface area is 144 Å². The van der Waals surface area contributed by atoms with Gasteiger partial charge in [0.05, 0.1) is 4.92 Å². The molecule has 1 aromatic rings. The number of nitro groups is 1. The Bertz CT molecular complexity index is 572. The van der Waals surface area contributed by atoms with Crippen LogP contribution in [0, 0.1) is 15.5 Å². The lowest BCUT2D eigenvalue weighted by atomic mass is 10.0. The van der Waals surface area contributed by atoms with Crippen molar-refractivity contribution in [2.75, 3.05) is 24.5 Å². The zero-order valence-electron chi connectivity index (χ0n) is 14.9. The van der Waals surface area contributed by atoms with Crippen molar-refractivity contribution in [1.29, 1.82) is 5.41 Å². The molecule has 1 aliphatic heterocycles. The van der Waals surface area contributed by atoms with Crippen LogP contribution >= 0.6 is 0 Å². The third-order valence-corrected chi connectivity index (χ3v) is 4.37. The summed E-state index contributed by atoms with van der Waals surface area (Å²) in [5.41, 5.74) is 0.652. The molecule has 0 unspecified atom stereocenters. The average molecular weight is 332 g/mol. The summed E-state index contributed by atoms with van der Waals surface area (Å²) in [6.07, 6.45) is 4.50. The van der Waals surface area contributed by atoms with Crippen LogP contribution in [0.25, 0.3) is 0 Å². The smallest absolute Gasteiger partial charge is 0.269 e. The van der Waals surface area contributed by atoms with Gasteiger partial charge in [-0.3, -0.25) is 15.5 Å². The first-order valence-electron chi connectivity index (χ1n) is 8.63. The summed E-state index contributed by atoms with van der Waals surface area (Å²) in [6, 6.07) is 6.48. The van der Waals surface area contributed by atoms with Crippen LogP contribution < -0.4 is 4.90 Å². The van der Waals surface area contributed by atoms with E-state index in [4.69, 9.17) is 5.41 Å². The van der Waals surface area contributed by atoms with Gasteiger partial charge in [-0.05, 0) is 58.8 Å². The van der Waals surface area contributed by atoms with Crippen LogP contribution in [0.4, 0.5) is 11.4 Å². The number of anilines is 1. The standard InChI is InChI=1S/C18H28N4O2/c1-18(2,3)21(15-7-9-16(10-8-15)22(23)24)17(19)11-14-20-12-5-4-6-13-20/h7-10,19H,4-6,11-14H2,1-3H3. The van der Waals surface area contributed by atoms with Crippen LogP contribution in [0.3, 0.4) is 0 Å². The third kappa shape index (κ3) is 4.77. The normalized spacial score (nSPS) is 16.0. The number of hydrogen-bond acceptors (Lipinski definition) is 4. The SMILES string of the molecule is CC(C)(C)N(C(=N)CCN1CCCCC1)c1ccc([N+](=O)[O-])cc1. The van der Waals surface area contributed by atoms with E-state index in [0.29, 0.717) is 12.3 Å². The number of benzene rings is 1. The van der Waals surface area contributed by atoms with Gasteiger partial charge in [0.25, 0.3) is 5.69 Å². The van der Waals surface area contributed by atoms with Crippen molar-refractivity contribution in [2.24, 2.45) is 0 Å². The molecule has 0 aliphatic carbocycles. The molecule has 0 spiro atoms. The highest BCUT2D eigenvalue weighted by molar-refractivity contribution is 5.96. The predicted molar refractivity (Wildman–Crippen MR) is 98.0 cm³/mol. The molecule has 1 aliphatic rings. The van der Waals surface area contributed by atoms with Gasteiger partial charge in [-0.1, -0.05) is 6.42 Å². The van der Waals surface area contributed by atoms with Crippen LogP contribution in [0.2, 0.25) is 0 Å². The second-order valence-corrected chi connectivity index (χ2v) is 7.38. The maximum absolute atomic E-state index is 10.8. The molecule has 0 amide bonds. The summed E-state index contributed by atoms with van der Waals surface area (Å²) in [4.78, 5) is 14.8. The monoisotopic (exact) mass is 332 g/mol. The fraction of sp³-hybridized carbons (Fsp3) is 0.611. The highest BCUT2D eigenvalue weighted by Gasteiger charge is 2.26. The topological polar surface area (TPSA) is 73.5 Å². The van der Waals surface area contributed by atoms with Crippen LogP contribution in [0.15, 0.2) is 24.3 Å². The molecule has 6 nitrogen and oxygen atoms in total. The second kappa shape index (κ2) is 7.75. The Morgan fingerprint density at radius 2 is 1.79 bits per heavy atom. The lowest BCUT2D eigenvalue weighted by molar-refractivity contribution is -0.384. The zero-order valence-corrected chi connectivity index (χ0v) is 14.9. The number of rotatable bonds is 5. The Hall–Kier alpha value is -1.95. The number of nitrogens with zero attached hydrogens (tertiary/aromatic N) is 3.